The molecule has 0 radical (unpaired) electrons. The molecule has 4 aromatic rings. The fourth-order valence-electron chi connectivity index (χ4n) is 3.28. The van der Waals surface area contributed by atoms with Crippen molar-refractivity contribution in [2.45, 2.75) is 25.9 Å². The van der Waals surface area contributed by atoms with Gasteiger partial charge in [0.05, 0.1) is 29.7 Å². The molecular formula is C20H19F3N6. The zero-order valence-corrected chi connectivity index (χ0v) is 16.1. The van der Waals surface area contributed by atoms with Gasteiger partial charge in [-0.2, -0.15) is 18.3 Å². The molecule has 1 aromatic carbocycles. The van der Waals surface area contributed by atoms with Crippen molar-refractivity contribution in [3.63, 3.8) is 0 Å². The summed E-state index contributed by atoms with van der Waals surface area (Å²) in [5.41, 5.74) is 10.3. The normalized spacial score (nSPS) is 13.2. The van der Waals surface area contributed by atoms with Gasteiger partial charge in [0, 0.05) is 30.6 Å². The number of nitrogen functional groups attached to an aromatic ring is 1. The van der Waals surface area contributed by atoms with Crippen LogP contribution in [0.4, 0.5) is 19.0 Å². The Kier molecular flexibility index (Phi) is 4.33. The van der Waals surface area contributed by atoms with Crippen LogP contribution in [0.15, 0.2) is 43.0 Å². The number of nitrogens with zero attached hydrogens (tertiary/aromatic N) is 5. The molecule has 0 aliphatic rings. The van der Waals surface area contributed by atoms with Gasteiger partial charge in [-0.25, -0.2) is 9.97 Å². The molecule has 9 heteroatoms. The van der Waals surface area contributed by atoms with Crippen molar-refractivity contribution in [2.75, 3.05) is 5.73 Å². The van der Waals surface area contributed by atoms with Crippen LogP contribution in [0.1, 0.15) is 24.0 Å². The molecule has 150 valence electrons. The summed E-state index contributed by atoms with van der Waals surface area (Å²) >= 11 is 0. The van der Waals surface area contributed by atoms with Crippen molar-refractivity contribution in [2.24, 2.45) is 7.05 Å². The lowest BCUT2D eigenvalue weighted by atomic mass is 9.95. The largest absolute Gasteiger partial charge is 0.395 e. The van der Waals surface area contributed by atoms with Crippen LogP contribution in [-0.4, -0.2) is 30.3 Å². The van der Waals surface area contributed by atoms with Crippen LogP contribution in [0.3, 0.4) is 0 Å². The third-order valence-corrected chi connectivity index (χ3v) is 5.05. The average Bonchev–Trinajstić information content (AvgIpc) is 3.27. The molecule has 0 amide bonds. The van der Waals surface area contributed by atoms with Gasteiger partial charge >= 0.3 is 6.18 Å². The number of benzene rings is 1. The van der Waals surface area contributed by atoms with E-state index < -0.39 is 12.1 Å². The number of imidazole rings is 1. The molecule has 1 unspecified atom stereocenters. The quantitative estimate of drug-likeness (QED) is 0.555. The SMILES string of the molecule is Cc1ccc(C(C)C(F)(F)F)cc1-c1cnc2c(N)nc(-c3cnn(C)c3)cn12. The second kappa shape index (κ2) is 6.61. The molecule has 0 spiro atoms. The van der Waals surface area contributed by atoms with Crippen molar-refractivity contribution < 1.29 is 13.2 Å². The van der Waals surface area contributed by atoms with E-state index in [1.54, 1.807) is 53.1 Å². The molecule has 0 bridgehead atoms. The number of fused-ring (bicyclic) bond motifs is 1. The van der Waals surface area contributed by atoms with Gasteiger partial charge in [-0.05, 0) is 31.0 Å². The van der Waals surface area contributed by atoms with Crippen LogP contribution in [0, 0.1) is 6.92 Å². The minimum Gasteiger partial charge on any atom is -0.381 e. The molecule has 2 N–H and O–H groups in total. The Bertz CT molecular complexity index is 1200. The number of nitrogens with two attached hydrogens (primary N) is 1. The highest BCUT2D eigenvalue weighted by molar-refractivity contribution is 5.74. The summed E-state index contributed by atoms with van der Waals surface area (Å²) < 4.78 is 43.0. The van der Waals surface area contributed by atoms with E-state index in [9.17, 15) is 13.2 Å². The average molecular weight is 400 g/mol. The number of rotatable bonds is 3. The maximum Gasteiger partial charge on any atom is 0.395 e. The molecule has 0 fully saturated rings. The first-order chi connectivity index (χ1) is 13.6. The number of alkyl halides is 3. The summed E-state index contributed by atoms with van der Waals surface area (Å²) in [4.78, 5) is 8.72. The molecule has 0 aliphatic heterocycles. The minimum atomic E-state index is -4.31. The Morgan fingerprint density at radius 3 is 2.55 bits per heavy atom. The van der Waals surface area contributed by atoms with E-state index in [1.165, 1.54) is 6.07 Å². The van der Waals surface area contributed by atoms with E-state index in [-0.39, 0.29) is 11.4 Å². The Morgan fingerprint density at radius 1 is 1.14 bits per heavy atom. The van der Waals surface area contributed by atoms with Crippen molar-refractivity contribution >= 4 is 11.5 Å². The summed E-state index contributed by atoms with van der Waals surface area (Å²) in [6, 6.07) is 4.77. The number of aromatic nitrogens is 5. The van der Waals surface area contributed by atoms with Crippen molar-refractivity contribution in [3.05, 3.63) is 54.1 Å². The molecular weight excluding hydrogens is 381 g/mol. The molecule has 3 aromatic heterocycles. The zero-order chi connectivity index (χ0) is 20.9. The number of halogens is 3. The minimum absolute atomic E-state index is 0.197. The Morgan fingerprint density at radius 2 is 1.90 bits per heavy atom. The second-order valence-corrected chi connectivity index (χ2v) is 7.09. The lowest BCUT2D eigenvalue weighted by Gasteiger charge is -2.18. The third-order valence-electron chi connectivity index (χ3n) is 5.05. The van der Waals surface area contributed by atoms with Crippen molar-refractivity contribution in [1.29, 1.82) is 0 Å². The van der Waals surface area contributed by atoms with Crippen molar-refractivity contribution in [1.82, 2.24) is 24.1 Å². The van der Waals surface area contributed by atoms with Crippen molar-refractivity contribution in [3.8, 4) is 22.5 Å². The molecule has 1 atom stereocenters. The van der Waals surface area contributed by atoms with E-state index in [0.29, 0.717) is 22.6 Å². The van der Waals surface area contributed by atoms with Crippen LogP contribution in [-0.2, 0) is 7.05 Å². The van der Waals surface area contributed by atoms with Crippen LogP contribution in [0.5, 0.6) is 0 Å². The van der Waals surface area contributed by atoms with Gasteiger partial charge in [-0.3, -0.25) is 9.08 Å². The van der Waals surface area contributed by atoms with E-state index in [0.717, 1.165) is 18.1 Å². The van der Waals surface area contributed by atoms with Gasteiger partial charge in [0.2, 0.25) is 0 Å². The first-order valence-corrected chi connectivity index (χ1v) is 8.95. The fraction of sp³-hybridized carbons (Fsp3) is 0.250. The van der Waals surface area contributed by atoms with Crippen LogP contribution in [0.25, 0.3) is 28.2 Å². The molecule has 29 heavy (non-hydrogen) atoms. The Labute approximate surface area is 164 Å². The van der Waals surface area contributed by atoms with Gasteiger partial charge in [-0.15, -0.1) is 0 Å². The first-order valence-electron chi connectivity index (χ1n) is 8.95. The summed E-state index contributed by atoms with van der Waals surface area (Å²) in [6.07, 6.45) is 2.53. The predicted molar refractivity (Wildman–Crippen MR) is 104 cm³/mol. The molecule has 3 heterocycles. The maximum absolute atomic E-state index is 13.2. The number of hydrogen-bond acceptors (Lipinski definition) is 4. The standard InChI is InChI=1S/C20H19F3N6/c1-11-4-5-13(12(2)20(21,22)23)6-15(11)17-8-25-19-18(24)27-16(10-29(17)19)14-7-26-28(3)9-14/h4-10,12H,1-3H3,(H2,24,27). The summed E-state index contributed by atoms with van der Waals surface area (Å²) in [6.45, 7) is 3.01. The van der Waals surface area contributed by atoms with Crippen LogP contribution in [0.2, 0.25) is 0 Å². The summed E-state index contributed by atoms with van der Waals surface area (Å²) in [5.74, 6) is -1.34. The highest BCUT2D eigenvalue weighted by atomic mass is 19.4. The highest BCUT2D eigenvalue weighted by Crippen LogP contribution is 2.37. The fourth-order valence-corrected chi connectivity index (χ4v) is 3.28. The monoisotopic (exact) mass is 400 g/mol. The number of aryl methyl sites for hydroxylation is 2. The van der Waals surface area contributed by atoms with E-state index in [1.807, 2.05) is 6.92 Å². The first kappa shape index (κ1) is 19.0. The van der Waals surface area contributed by atoms with E-state index in [4.69, 9.17) is 5.73 Å². The second-order valence-electron chi connectivity index (χ2n) is 7.09. The lowest BCUT2D eigenvalue weighted by molar-refractivity contribution is -0.146. The van der Waals surface area contributed by atoms with E-state index >= 15 is 0 Å². The highest BCUT2D eigenvalue weighted by Gasteiger charge is 2.37. The molecule has 0 aliphatic carbocycles. The molecule has 4 rings (SSSR count). The lowest BCUT2D eigenvalue weighted by Crippen LogP contribution is -2.17. The number of hydrogen-bond donors (Lipinski definition) is 1. The zero-order valence-electron chi connectivity index (χ0n) is 16.1. The molecule has 0 saturated heterocycles. The van der Waals surface area contributed by atoms with Gasteiger partial charge in [0.1, 0.15) is 0 Å². The van der Waals surface area contributed by atoms with E-state index in [2.05, 4.69) is 15.1 Å². The molecule has 0 saturated carbocycles. The van der Waals surface area contributed by atoms with Gasteiger partial charge in [0.15, 0.2) is 11.5 Å². The predicted octanol–water partition coefficient (Wildman–Crippen LogP) is 4.35. The van der Waals surface area contributed by atoms with Gasteiger partial charge in [0.25, 0.3) is 0 Å². The smallest absolute Gasteiger partial charge is 0.381 e. The summed E-state index contributed by atoms with van der Waals surface area (Å²) in [5, 5.41) is 4.14. The Hall–Kier alpha value is -3.36. The molecule has 6 nitrogen and oxygen atoms in total. The third kappa shape index (κ3) is 3.32. The topological polar surface area (TPSA) is 74.0 Å². The Balaban J connectivity index is 1.89. The number of anilines is 1. The van der Waals surface area contributed by atoms with Crippen LogP contribution < -0.4 is 5.73 Å². The maximum atomic E-state index is 13.2. The van der Waals surface area contributed by atoms with Crippen LogP contribution >= 0.6 is 0 Å². The van der Waals surface area contributed by atoms with Gasteiger partial charge < -0.3 is 5.73 Å². The summed E-state index contributed by atoms with van der Waals surface area (Å²) in [7, 11) is 1.80. The van der Waals surface area contributed by atoms with Gasteiger partial charge in [-0.1, -0.05) is 12.1 Å².